The van der Waals surface area contributed by atoms with Crippen LogP contribution in [0.25, 0.3) is 0 Å². The van der Waals surface area contributed by atoms with Crippen LogP contribution >= 0.6 is 0 Å². The Kier molecular flexibility index (Phi) is 4.26. The average molecular weight is 289 g/mol. The molecule has 0 bridgehead atoms. The Bertz CT molecular complexity index is 584. The molecule has 1 aromatic carbocycles. The third-order valence-electron chi connectivity index (χ3n) is 3.55. The van der Waals surface area contributed by atoms with Crippen LogP contribution in [0.3, 0.4) is 0 Å². The van der Waals surface area contributed by atoms with E-state index in [2.05, 4.69) is 5.32 Å². The summed E-state index contributed by atoms with van der Waals surface area (Å²) in [5, 5.41) is 2.28. The number of hydrogen-bond acceptors (Lipinski definition) is 4. The smallest absolute Gasteiger partial charge is 0.249 e. The highest BCUT2D eigenvalue weighted by molar-refractivity contribution is 6.04. The Morgan fingerprint density at radius 3 is 2.52 bits per heavy atom. The van der Waals surface area contributed by atoms with Crippen molar-refractivity contribution in [1.29, 1.82) is 0 Å². The standard InChI is InChI=1S/C15H19N3O3/c1-10-4-5-11(13(8-10)17(2)3)18(9-19)12-6-7-14(20)16-15(12)21/h4-5,8-9,12H,6-7H2,1-3H3,(H,16,20,21). The molecule has 1 saturated heterocycles. The second-order valence-corrected chi connectivity index (χ2v) is 5.37. The molecule has 1 aliphatic rings. The molecule has 3 amide bonds. The van der Waals surface area contributed by atoms with E-state index >= 15 is 0 Å². The predicted octanol–water partition coefficient (Wildman–Crippen LogP) is 0.829. The number of rotatable bonds is 4. The van der Waals surface area contributed by atoms with E-state index in [9.17, 15) is 14.4 Å². The number of imide groups is 1. The van der Waals surface area contributed by atoms with Crippen LogP contribution in [0.5, 0.6) is 0 Å². The zero-order valence-corrected chi connectivity index (χ0v) is 12.4. The minimum atomic E-state index is -0.651. The van der Waals surface area contributed by atoms with Crippen LogP contribution in [-0.4, -0.2) is 38.4 Å². The summed E-state index contributed by atoms with van der Waals surface area (Å²) in [6.45, 7) is 1.97. The fraction of sp³-hybridized carbons (Fsp3) is 0.400. The molecule has 1 unspecified atom stereocenters. The predicted molar refractivity (Wildman–Crippen MR) is 80.2 cm³/mol. The second kappa shape index (κ2) is 5.95. The van der Waals surface area contributed by atoms with Crippen molar-refractivity contribution in [2.45, 2.75) is 25.8 Å². The molecule has 0 aromatic heterocycles. The number of anilines is 2. The molecule has 1 fully saturated rings. The number of amides is 3. The minimum Gasteiger partial charge on any atom is -0.376 e. The number of aryl methyl sites for hydroxylation is 1. The van der Waals surface area contributed by atoms with Gasteiger partial charge in [-0.25, -0.2) is 0 Å². The molecular weight excluding hydrogens is 270 g/mol. The molecule has 21 heavy (non-hydrogen) atoms. The Morgan fingerprint density at radius 1 is 1.24 bits per heavy atom. The fourth-order valence-electron chi connectivity index (χ4n) is 2.46. The van der Waals surface area contributed by atoms with Gasteiger partial charge in [-0.15, -0.1) is 0 Å². The molecule has 112 valence electrons. The highest BCUT2D eigenvalue weighted by atomic mass is 16.2. The monoisotopic (exact) mass is 289 g/mol. The lowest BCUT2D eigenvalue weighted by molar-refractivity contribution is -0.134. The van der Waals surface area contributed by atoms with Gasteiger partial charge < -0.3 is 9.80 Å². The van der Waals surface area contributed by atoms with E-state index in [1.54, 1.807) is 0 Å². The molecule has 1 aliphatic heterocycles. The van der Waals surface area contributed by atoms with Crippen LogP contribution in [0, 0.1) is 6.92 Å². The van der Waals surface area contributed by atoms with E-state index in [-0.39, 0.29) is 12.3 Å². The SMILES string of the molecule is Cc1ccc(N(C=O)C2CCC(=O)NC2=O)c(N(C)C)c1. The van der Waals surface area contributed by atoms with E-state index in [4.69, 9.17) is 0 Å². The van der Waals surface area contributed by atoms with Crippen LogP contribution in [0.2, 0.25) is 0 Å². The van der Waals surface area contributed by atoms with Gasteiger partial charge in [0.05, 0.1) is 11.4 Å². The normalized spacial score (nSPS) is 18.1. The van der Waals surface area contributed by atoms with Crippen LogP contribution in [0.15, 0.2) is 18.2 Å². The summed E-state index contributed by atoms with van der Waals surface area (Å²) in [5.41, 5.74) is 2.58. The maximum Gasteiger partial charge on any atom is 0.249 e. The molecule has 0 saturated carbocycles. The maximum absolute atomic E-state index is 12.0. The first kappa shape index (κ1) is 15.0. The number of nitrogens with one attached hydrogen (secondary N) is 1. The molecule has 1 heterocycles. The van der Waals surface area contributed by atoms with E-state index in [1.807, 2.05) is 44.1 Å². The molecule has 0 radical (unpaired) electrons. The molecule has 6 nitrogen and oxygen atoms in total. The molecule has 0 aliphatic carbocycles. The van der Waals surface area contributed by atoms with E-state index in [0.29, 0.717) is 18.5 Å². The molecular formula is C15H19N3O3. The zero-order chi connectivity index (χ0) is 15.6. The summed E-state index contributed by atoms with van der Waals surface area (Å²) >= 11 is 0. The lowest BCUT2D eigenvalue weighted by atomic mass is 10.0. The maximum atomic E-state index is 12.0. The van der Waals surface area contributed by atoms with Gasteiger partial charge >= 0.3 is 0 Å². The van der Waals surface area contributed by atoms with Gasteiger partial charge in [-0.05, 0) is 31.0 Å². The Morgan fingerprint density at radius 2 is 1.95 bits per heavy atom. The van der Waals surface area contributed by atoms with E-state index < -0.39 is 11.9 Å². The van der Waals surface area contributed by atoms with Crippen LogP contribution in [0.4, 0.5) is 11.4 Å². The quantitative estimate of drug-likeness (QED) is 0.658. The van der Waals surface area contributed by atoms with Gasteiger partial charge in [0.1, 0.15) is 6.04 Å². The summed E-state index contributed by atoms with van der Waals surface area (Å²) in [6, 6.07) is 5.02. The third-order valence-corrected chi connectivity index (χ3v) is 3.55. The number of piperidine rings is 1. The van der Waals surface area contributed by atoms with Crippen LogP contribution in [-0.2, 0) is 14.4 Å². The molecule has 1 N–H and O–H groups in total. The van der Waals surface area contributed by atoms with Gasteiger partial charge in [0, 0.05) is 20.5 Å². The van der Waals surface area contributed by atoms with Gasteiger partial charge in [-0.3, -0.25) is 19.7 Å². The first-order valence-electron chi connectivity index (χ1n) is 6.79. The van der Waals surface area contributed by atoms with Crippen molar-refractivity contribution < 1.29 is 14.4 Å². The molecule has 2 rings (SSSR count). The number of benzene rings is 1. The third kappa shape index (κ3) is 3.04. The lowest BCUT2D eigenvalue weighted by Gasteiger charge is -2.32. The van der Waals surface area contributed by atoms with Crippen LogP contribution < -0.4 is 15.1 Å². The Balaban J connectivity index is 2.40. The molecule has 1 aromatic rings. The summed E-state index contributed by atoms with van der Waals surface area (Å²) < 4.78 is 0. The van der Waals surface area contributed by atoms with Gasteiger partial charge in [-0.2, -0.15) is 0 Å². The second-order valence-electron chi connectivity index (χ2n) is 5.37. The average Bonchev–Trinajstić information content (AvgIpc) is 2.42. The zero-order valence-electron chi connectivity index (χ0n) is 12.4. The number of carbonyl (C=O) groups excluding carboxylic acids is 3. The highest BCUT2D eigenvalue weighted by Crippen LogP contribution is 2.31. The fourth-order valence-corrected chi connectivity index (χ4v) is 2.46. The van der Waals surface area contributed by atoms with Gasteiger partial charge in [0.25, 0.3) is 0 Å². The van der Waals surface area contributed by atoms with Crippen molar-refractivity contribution in [3.05, 3.63) is 23.8 Å². The molecule has 0 spiro atoms. The van der Waals surface area contributed by atoms with E-state index in [1.165, 1.54) is 4.90 Å². The van der Waals surface area contributed by atoms with Crippen molar-refractivity contribution in [3.63, 3.8) is 0 Å². The van der Waals surface area contributed by atoms with Gasteiger partial charge in [0.15, 0.2) is 0 Å². The number of carbonyl (C=O) groups is 3. The largest absolute Gasteiger partial charge is 0.376 e. The minimum absolute atomic E-state index is 0.240. The van der Waals surface area contributed by atoms with Crippen molar-refractivity contribution in [3.8, 4) is 0 Å². The Labute approximate surface area is 123 Å². The van der Waals surface area contributed by atoms with Crippen LogP contribution in [0.1, 0.15) is 18.4 Å². The summed E-state index contributed by atoms with van der Waals surface area (Å²) in [7, 11) is 3.76. The van der Waals surface area contributed by atoms with Crippen molar-refractivity contribution in [2.24, 2.45) is 0 Å². The number of nitrogens with zero attached hydrogens (tertiary/aromatic N) is 2. The lowest BCUT2D eigenvalue weighted by Crippen LogP contribution is -2.52. The van der Waals surface area contributed by atoms with Crippen molar-refractivity contribution in [1.82, 2.24) is 5.32 Å². The summed E-state index contributed by atoms with van der Waals surface area (Å²) in [6.07, 6.45) is 1.23. The first-order chi connectivity index (χ1) is 9.93. The number of hydrogen-bond donors (Lipinski definition) is 1. The van der Waals surface area contributed by atoms with Crippen molar-refractivity contribution >= 4 is 29.6 Å². The first-order valence-corrected chi connectivity index (χ1v) is 6.79. The van der Waals surface area contributed by atoms with Gasteiger partial charge in [-0.1, -0.05) is 6.07 Å². The summed E-state index contributed by atoms with van der Waals surface area (Å²) in [5.74, 6) is -0.720. The molecule has 1 atom stereocenters. The van der Waals surface area contributed by atoms with Gasteiger partial charge in [0.2, 0.25) is 18.2 Å². The topological polar surface area (TPSA) is 69.7 Å². The Hall–Kier alpha value is -2.37. The van der Waals surface area contributed by atoms with E-state index in [0.717, 1.165) is 11.3 Å². The molecule has 6 heteroatoms. The highest BCUT2D eigenvalue weighted by Gasteiger charge is 2.33. The summed E-state index contributed by atoms with van der Waals surface area (Å²) in [4.78, 5) is 38.0. The van der Waals surface area contributed by atoms with Crippen molar-refractivity contribution in [2.75, 3.05) is 23.9 Å².